The highest BCUT2D eigenvalue weighted by Crippen LogP contribution is 2.39. The molecular weight excluding hydrogens is 1290 g/mol. The largest absolute Gasteiger partial charge is 0.498 e. The highest BCUT2D eigenvalue weighted by atomic mass is 79.9. The lowest BCUT2D eigenvalue weighted by Gasteiger charge is -2.32. The molecule has 1 aliphatic rings. The number of likely N-dealkylation sites (N-methyl/N-ethyl adjacent to an activating group) is 2. The summed E-state index contributed by atoms with van der Waals surface area (Å²) in [5.41, 5.74) is 7.00. The van der Waals surface area contributed by atoms with Crippen molar-refractivity contribution in [2.45, 2.75) is 111 Å². The molecule has 17 nitrogen and oxygen atoms in total. The van der Waals surface area contributed by atoms with E-state index in [9.17, 15) is 22.4 Å². The topological polar surface area (TPSA) is 177 Å². The van der Waals surface area contributed by atoms with E-state index in [0.29, 0.717) is 42.5 Å². The average Bonchev–Trinajstić information content (AvgIpc) is 1.77. The van der Waals surface area contributed by atoms with Crippen molar-refractivity contribution >= 4 is 87.7 Å². The number of pyridine rings is 2. The number of ether oxygens (including phenoxy) is 2. The zero-order valence-electron chi connectivity index (χ0n) is 52.7. The van der Waals surface area contributed by atoms with Crippen LogP contribution < -0.4 is 10.8 Å². The first-order chi connectivity index (χ1) is 43.0. The molecule has 0 aliphatic carbocycles. The number of nitrogens with one attached hydrogen (secondary N) is 2. The van der Waals surface area contributed by atoms with E-state index in [-0.39, 0.29) is 45.2 Å². The van der Waals surface area contributed by atoms with Gasteiger partial charge in [0, 0.05) is 132 Å². The molecule has 1 saturated heterocycles. The number of hydrogen-bond donors (Lipinski definition) is 2. The van der Waals surface area contributed by atoms with E-state index < -0.39 is 44.1 Å². The van der Waals surface area contributed by atoms with Gasteiger partial charge in [-0.3, -0.25) is 19.3 Å². The Morgan fingerprint density at radius 3 is 1.98 bits per heavy atom. The fraction of sp³-hybridized carbons (Fsp3) is 0.338. The molecular formula is C65H72BBrCl2F4N12O5Si. The fourth-order valence-corrected chi connectivity index (χ4v) is 10.9. The van der Waals surface area contributed by atoms with Crippen molar-refractivity contribution < 1.29 is 41.1 Å². The summed E-state index contributed by atoms with van der Waals surface area (Å²) in [4.78, 5) is 34.4. The van der Waals surface area contributed by atoms with Gasteiger partial charge in [0.25, 0.3) is 0 Å². The second-order valence-electron chi connectivity index (χ2n) is 25.2. The Labute approximate surface area is 546 Å². The van der Waals surface area contributed by atoms with Crippen molar-refractivity contribution in [2.24, 2.45) is 0 Å². The summed E-state index contributed by atoms with van der Waals surface area (Å²) in [5.74, 6) is -3.05. The van der Waals surface area contributed by atoms with Gasteiger partial charge in [-0.25, -0.2) is 32.3 Å². The number of imidazole rings is 2. The van der Waals surface area contributed by atoms with Crippen LogP contribution in [0.2, 0.25) is 35.7 Å². The number of carbonyl (C=O) groups excluding carboxylic acids is 1. The molecule has 478 valence electrons. The van der Waals surface area contributed by atoms with Gasteiger partial charge in [0.05, 0.1) is 87.0 Å². The quantitative estimate of drug-likeness (QED) is 0.0382. The lowest BCUT2D eigenvalue weighted by molar-refractivity contribution is 0.00578. The van der Waals surface area contributed by atoms with Crippen LogP contribution in [-0.4, -0.2) is 126 Å². The van der Waals surface area contributed by atoms with Crippen molar-refractivity contribution in [3.05, 3.63) is 160 Å². The normalized spacial score (nSPS) is 13.7. The molecule has 1 amide bonds. The lowest BCUT2D eigenvalue weighted by Crippen LogP contribution is -2.41. The minimum atomic E-state index is -1.25. The number of rotatable bonds is 17. The van der Waals surface area contributed by atoms with E-state index in [4.69, 9.17) is 42.0 Å². The first-order valence-electron chi connectivity index (χ1n) is 29.4. The van der Waals surface area contributed by atoms with Crippen molar-refractivity contribution in [3.8, 4) is 56.2 Å². The van der Waals surface area contributed by atoms with Crippen LogP contribution in [0.4, 0.5) is 22.4 Å². The van der Waals surface area contributed by atoms with Crippen LogP contribution in [-0.2, 0) is 38.6 Å². The second-order valence-corrected chi connectivity index (χ2v) is 32.5. The third-order valence-electron chi connectivity index (χ3n) is 15.2. The number of benzene rings is 4. The van der Waals surface area contributed by atoms with E-state index >= 15 is 0 Å². The smallest absolute Gasteiger partial charge is 0.444 e. The number of carbonyl (C=O) groups is 1. The molecule has 7 heterocycles. The molecule has 0 bridgehead atoms. The molecule has 1 aliphatic heterocycles. The highest BCUT2D eigenvalue weighted by Gasteiger charge is 2.52. The van der Waals surface area contributed by atoms with E-state index in [1.165, 1.54) is 18.5 Å². The van der Waals surface area contributed by atoms with E-state index in [1.807, 2.05) is 134 Å². The number of hydrogen-bond acceptors (Lipinski definition) is 12. The first-order valence-corrected chi connectivity index (χ1v) is 34.6. The maximum atomic E-state index is 14.9. The van der Waals surface area contributed by atoms with Crippen LogP contribution in [0.3, 0.4) is 0 Å². The number of nitrogens with zero attached hydrogens (tertiary/aromatic N) is 10. The predicted octanol–water partition coefficient (Wildman–Crippen LogP) is 15.1. The van der Waals surface area contributed by atoms with E-state index in [2.05, 4.69) is 76.0 Å². The number of H-pyrrole nitrogens is 1. The van der Waals surface area contributed by atoms with Gasteiger partial charge in [0.2, 0.25) is 0 Å². The molecule has 26 heteroatoms. The Kier molecular flexibility index (Phi) is 21.2. The van der Waals surface area contributed by atoms with Gasteiger partial charge in [-0.1, -0.05) is 55.0 Å². The zero-order chi connectivity index (χ0) is 65.7. The molecule has 2 N–H and O–H groups in total. The molecule has 0 radical (unpaired) electrons. The maximum absolute atomic E-state index is 14.9. The van der Waals surface area contributed by atoms with Crippen molar-refractivity contribution in [2.75, 3.05) is 33.8 Å². The molecule has 0 unspecified atom stereocenters. The van der Waals surface area contributed by atoms with Crippen LogP contribution >= 0.6 is 39.1 Å². The van der Waals surface area contributed by atoms with Gasteiger partial charge in [-0.2, -0.15) is 10.2 Å². The molecule has 0 saturated carbocycles. The Hall–Kier alpha value is -7.29. The molecule has 1 fully saturated rings. The SMILES string of the molecule is CN(CCn1cc(B2OC(C)(C)C(C)(C)O2)cn1)C(=O)OC(C)(C)C.CNCCn1cc(-c2cnc3ccc(-c4nc[nH]c4-c4cc(Cl)c(F)cc4F)cc3c2)cn1.C[Si](C)(C)CCOCn1cnc(-c2ccc3ncc(Br)cc3c2)c1-c1cc(Cl)c(F)cc1F. The minimum Gasteiger partial charge on any atom is -0.444 e. The third kappa shape index (κ3) is 16.9. The maximum Gasteiger partial charge on any atom is 0.498 e. The van der Waals surface area contributed by atoms with Gasteiger partial charge in [0.15, 0.2) is 0 Å². The molecule has 10 aromatic rings. The Bertz CT molecular complexity index is 4210. The molecule has 11 rings (SSSR count). The average molecular weight is 1370 g/mol. The minimum absolute atomic E-state index is 0.148. The molecule has 91 heavy (non-hydrogen) atoms. The second kappa shape index (κ2) is 28.3. The summed E-state index contributed by atoms with van der Waals surface area (Å²) < 4.78 is 86.4. The van der Waals surface area contributed by atoms with Crippen LogP contribution in [0.15, 0.2) is 127 Å². The lowest BCUT2D eigenvalue weighted by atomic mass is 9.82. The fourth-order valence-electron chi connectivity index (χ4n) is 9.49. The standard InChI is InChI=1S/C24H23BrClF2N3OSi.C24H19ClF2N6.C17H30BN3O4/c1-33(2,3)7-6-32-14-31-13-30-23(24(31)18-10-19(26)21(28)11-20(18)27)15-4-5-22-16(8-15)9-17(25)12-29-22;1-28-4-5-33-12-17(11-32-33)16-7-15-6-14(2-3-22(15)29-10-16)23-24(31-13-30-23)18-8-19(25)21(27)9-20(18)26;1-15(2,3)23-14(22)20(8)9-10-21-12-13(11-19-21)18-24-16(4,5)17(6,7)25-18/h4-5,8-13H,6-7,14H2,1-3H3;2-3,6-13,28H,4-5H2,1H3,(H,30,31);11-12H,9-10H2,1-8H3. The number of aromatic nitrogens is 10. The van der Waals surface area contributed by atoms with E-state index in [1.54, 1.807) is 39.9 Å². The number of aromatic amines is 1. The summed E-state index contributed by atoms with van der Waals surface area (Å²) in [6, 6.07) is 20.5. The molecule has 0 atom stereocenters. The number of fused-ring (bicyclic) bond motifs is 2. The molecule has 6 aromatic heterocycles. The third-order valence-corrected chi connectivity index (χ3v) is 17.9. The summed E-state index contributed by atoms with van der Waals surface area (Å²) in [6.45, 7) is 23.9. The van der Waals surface area contributed by atoms with Gasteiger partial charge in [0.1, 0.15) is 35.6 Å². The zero-order valence-corrected chi connectivity index (χ0v) is 56.8. The number of halogens is 7. The van der Waals surface area contributed by atoms with Gasteiger partial charge in [-0.05, 0) is 126 Å². The van der Waals surface area contributed by atoms with Crippen molar-refractivity contribution in [1.29, 1.82) is 0 Å². The Morgan fingerprint density at radius 1 is 0.736 bits per heavy atom. The predicted molar refractivity (Wildman–Crippen MR) is 357 cm³/mol. The van der Waals surface area contributed by atoms with E-state index in [0.717, 1.165) is 85.3 Å². The van der Waals surface area contributed by atoms with Crippen LogP contribution in [0.25, 0.3) is 78.0 Å². The first kappa shape index (κ1) is 68.1. The summed E-state index contributed by atoms with van der Waals surface area (Å²) in [5, 5.41) is 13.3. The summed E-state index contributed by atoms with van der Waals surface area (Å²) >= 11 is 15.4. The van der Waals surface area contributed by atoms with Crippen molar-refractivity contribution in [1.82, 2.24) is 59.3 Å². The van der Waals surface area contributed by atoms with Crippen LogP contribution in [0.1, 0.15) is 48.5 Å². The Balaban J connectivity index is 0.000000164. The molecule has 0 spiro atoms. The van der Waals surface area contributed by atoms with Gasteiger partial charge in [-0.15, -0.1) is 0 Å². The van der Waals surface area contributed by atoms with Crippen molar-refractivity contribution in [3.63, 3.8) is 0 Å². The summed E-state index contributed by atoms with van der Waals surface area (Å²) in [6.07, 6.45) is 13.7. The van der Waals surface area contributed by atoms with Gasteiger partial charge < -0.3 is 38.6 Å². The van der Waals surface area contributed by atoms with Crippen LogP contribution in [0, 0.1) is 23.3 Å². The highest BCUT2D eigenvalue weighted by molar-refractivity contribution is 9.10. The summed E-state index contributed by atoms with van der Waals surface area (Å²) in [7, 11) is 1.94. The van der Waals surface area contributed by atoms with Gasteiger partial charge >= 0.3 is 13.2 Å². The Morgan fingerprint density at radius 2 is 1.33 bits per heavy atom. The monoisotopic (exact) mass is 1360 g/mol. The molecule has 4 aromatic carbocycles. The number of amides is 1. The van der Waals surface area contributed by atoms with Crippen LogP contribution in [0.5, 0.6) is 0 Å².